The fourth-order valence-electron chi connectivity index (χ4n) is 3.45. The van der Waals surface area contributed by atoms with Crippen molar-refractivity contribution in [3.8, 4) is 0 Å². The van der Waals surface area contributed by atoms with Gasteiger partial charge in [0.15, 0.2) is 0 Å². The summed E-state index contributed by atoms with van der Waals surface area (Å²) < 4.78 is 0. The highest BCUT2D eigenvalue weighted by molar-refractivity contribution is 5.78. The molecule has 0 amide bonds. The lowest BCUT2D eigenvalue weighted by Crippen LogP contribution is -2.30. The minimum absolute atomic E-state index is 0.165. The number of nitrogens with zero attached hydrogens (tertiary/aromatic N) is 4. The van der Waals surface area contributed by atoms with Gasteiger partial charge < -0.3 is 9.80 Å². The average Bonchev–Trinajstić information content (AvgIpc) is 3.08. The van der Waals surface area contributed by atoms with E-state index < -0.39 is 9.85 Å². The Morgan fingerprint density at radius 3 is 1.48 bits per heavy atom. The van der Waals surface area contributed by atoms with Crippen molar-refractivity contribution >= 4 is 22.7 Å². The Morgan fingerprint density at radius 1 is 0.696 bits per heavy atom. The predicted molar refractivity (Wildman–Crippen MR) is 87.3 cm³/mol. The number of anilines is 2. The maximum atomic E-state index is 11.4. The minimum Gasteiger partial charge on any atom is -0.366 e. The molecular weight excluding hydrogens is 300 g/mol. The van der Waals surface area contributed by atoms with E-state index in [1.807, 2.05) is 9.80 Å². The monoisotopic (exact) mass is 320 g/mol. The summed E-state index contributed by atoms with van der Waals surface area (Å²) >= 11 is 0. The van der Waals surface area contributed by atoms with Gasteiger partial charge in [0.2, 0.25) is 0 Å². The lowest BCUT2D eigenvalue weighted by Gasteiger charge is -2.29. The molecule has 3 rings (SSSR count). The van der Waals surface area contributed by atoms with Gasteiger partial charge in [-0.1, -0.05) is 0 Å². The van der Waals surface area contributed by atoms with Gasteiger partial charge in [0.25, 0.3) is 11.4 Å². The molecule has 0 N–H and O–H groups in total. The summed E-state index contributed by atoms with van der Waals surface area (Å²) in [4.78, 5) is 25.7. The number of hydrogen-bond acceptors (Lipinski definition) is 6. The van der Waals surface area contributed by atoms with Crippen LogP contribution in [0.4, 0.5) is 22.7 Å². The van der Waals surface area contributed by atoms with E-state index in [4.69, 9.17) is 0 Å². The normalized spacial score (nSPS) is 18.3. The van der Waals surface area contributed by atoms with Crippen molar-refractivity contribution in [3.63, 3.8) is 0 Å². The Hall–Kier alpha value is -2.38. The summed E-state index contributed by atoms with van der Waals surface area (Å²) in [6.45, 7) is 3.05. The lowest BCUT2D eigenvalue weighted by molar-refractivity contribution is -0.393. The Kier molecular flexibility index (Phi) is 4.31. The molecule has 8 heteroatoms. The van der Waals surface area contributed by atoms with Crippen LogP contribution in [0.25, 0.3) is 0 Å². The Labute approximate surface area is 134 Å². The first-order valence-electron chi connectivity index (χ1n) is 8.04. The van der Waals surface area contributed by atoms with Gasteiger partial charge in [-0.25, -0.2) is 0 Å². The second kappa shape index (κ2) is 6.39. The molecule has 0 unspecified atom stereocenters. The third-order valence-electron chi connectivity index (χ3n) is 4.61. The van der Waals surface area contributed by atoms with E-state index in [-0.39, 0.29) is 11.4 Å². The first kappa shape index (κ1) is 15.5. The van der Waals surface area contributed by atoms with E-state index in [0.29, 0.717) is 11.4 Å². The van der Waals surface area contributed by atoms with Gasteiger partial charge in [-0.2, -0.15) is 0 Å². The topological polar surface area (TPSA) is 92.8 Å². The molecule has 0 bridgehead atoms. The second-order valence-electron chi connectivity index (χ2n) is 6.09. The molecular formula is C15H20N4O4. The Balaban J connectivity index is 2.10. The van der Waals surface area contributed by atoms with Gasteiger partial charge >= 0.3 is 0 Å². The van der Waals surface area contributed by atoms with Crippen LogP contribution in [0.15, 0.2) is 12.1 Å². The Morgan fingerprint density at radius 2 is 1.09 bits per heavy atom. The van der Waals surface area contributed by atoms with Crippen molar-refractivity contribution in [2.24, 2.45) is 0 Å². The van der Waals surface area contributed by atoms with Gasteiger partial charge in [-0.05, 0) is 38.2 Å². The molecule has 1 aromatic carbocycles. The van der Waals surface area contributed by atoms with Crippen LogP contribution in [0, 0.1) is 20.2 Å². The first-order chi connectivity index (χ1) is 11.1. The number of nitro groups is 2. The van der Waals surface area contributed by atoms with Gasteiger partial charge in [0.1, 0.15) is 11.4 Å². The Bertz CT molecular complexity index is 622. The van der Waals surface area contributed by atoms with Crippen LogP contribution in [0.3, 0.4) is 0 Å². The molecule has 0 spiro atoms. The van der Waals surface area contributed by atoms with Crippen LogP contribution in [-0.2, 0) is 0 Å². The van der Waals surface area contributed by atoms with Gasteiger partial charge in [0.05, 0.1) is 15.9 Å². The van der Waals surface area contributed by atoms with Crippen LogP contribution in [0.2, 0.25) is 0 Å². The van der Waals surface area contributed by atoms with Crippen molar-refractivity contribution < 1.29 is 9.85 Å². The summed E-state index contributed by atoms with van der Waals surface area (Å²) in [5, 5.41) is 22.8. The predicted octanol–water partition coefficient (Wildman–Crippen LogP) is 3.09. The smallest absolute Gasteiger partial charge is 0.299 e. The summed E-state index contributed by atoms with van der Waals surface area (Å²) in [5.74, 6) is 0. The van der Waals surface area contributed by atoms with Crippen LogP contribution in [0.5, 0.6) is 0 Å². The maximum absolute atomic E-state index is 11.4. The molecule has 2 saturated heterocycles. The van der Waals surface area contributed by atoms with Crippen molar-refractivity contribution in [1.82, 2.24) is 0 Å². The summed E-state index contributed by atoms with van der Waals surface area (Å²) in [6.07, 6.45) is 5.09. The van der Waals surface area contributed by atoms with E-state index in [9.17, 15) is 20.2 Å². The fourth-order valence-corrected chi connectivity index (χ4v) is 3.45. The molecule has 124 valence electrons. The highest BCUT2D eigenvalue weighted by Crippen LogP contribution is 2.41. The molecule has 23 heavy (non-hydrogen) atoms. The number of benzene rings is 1. The van der Waals surface area contributed by atoms with E-state index in [0.717, 1.165) is 64.3 Å². The third kappa shape index (κ3) is 3.06. The highest BCUT2D eigenvalue weighted by Gasteiger charge is 2.31. The molecule has 0 atom stereocenters. The fraction of sp³-hybridized carbons (Fsp3) is 0.600. The van der Waals surface area contributed by atoms with E-state index in [2.05, 4.69) is 0 Å². The lowest BCUT2D eigenvalue weighted by atomic mass is 10.1. The van der Waals surface area contributed by atoms with Gasteiger partial charge in [-0.3, -0.25) is 20.2 Å². The number of nitro benzene ring substituents is 2. The van der Waals surface area contributed by atoms with Crippen molar-refractivity contribution in [2.45, 2.75) is 32.1 Å². The molecule has 0 saturated carbocycles. The SMILES string of the molecule is O=[N+]([O-])c1cc([N+](=O)[O-])c(N2CCCC2)cc1N1CCCCC1. The van der Waals surface area contributed by atoms with E-state index in [1.165, 1.54) is 0 Å². The highest BCUT2D eigenvalue weighted by atomic mass is 16.6. The zero-order valence-corrected chi connectivity index (χ0v) is 12.9. The van der Waals surface area contributed by atoms with Crippen LogP contribution >= 0.6 is 0 Å². The molecule has 0 aromatic heterocycles. The van der Waals surface area contributed by atoms with E-state index >= 15 is 0 Å². The molecule has 2 heterocycles. The quantitative estimate of drug-likeness (QED) is 0.625. The standard InChI is InChI=1S/C15H20N4O4/c20-18(21)14-11-15(19(22)23)13(17-8-4-5-9-17)10-12(14)16-6-2-1-3-7-16/h10-11H,1-9H2. The molecule has 2 aliphatic rings. The van der Waals surface area contributed by atoms with Gasteiger partial charge in [-0.15, -0.1) is 0 Å². The van der Waals surface area contributed by atoms with Crippen LogP contribution in [0.1, 0.15) is 32.1 Å². The first-order valence-corrected chi connectivity index (χ1v) is 8.04. The third-order valence-corrected chi connectivity index (χ3v) is 4.61. The second-order valence-corrected chi connectivity index (χ2v) is 6.09. The van der Waals surface area contributed by atoms with Gasteiger partial charge in [0, 0.05) is 26.2 Å². The van der Waals surface area contributed by atoms with Crippen LogP contribution < -0.4 is 9.80 Å². The molecule has 0 radical (unpaired) electrons. The zero-order valence-electron chi connectivity index (χ0n) is 12.9. The zero-order chi connectivity index (χ0) is 16.4. The largest absolute Gasteiger partial charge is 0.366 e. The molecule has 2 fully saturated rings. The molecule has 0 aliphatic carbocycles. The minimum atomic E-state index is -0.513. The molecule has 2 aliphatic heterocycles. The van der Waals surface area contributed by atoms with Crippen molar-refractivity contribution in [3.05, 3.63) is 32.4 Å². The number of hydrogen-bond donors (Lipinski definition) is 0. The molecule has 8 nitrogen and oxygen atoms in total. The summed E-state index contributed by atoms with van der Waals surface area (Å²) in [7, 11) is 0. The summed E-state index contributed by atoms with van der Waals surface area (Å²) in [5.41, 5.74) is 0.696. The van der Waals surface area contributed by atoms with E-state index in [1.54, 1.807) is 6.07 Å². The maximum Gasteiger partial charge on any atom is 0.299 e. The average molecular weight is 320 g/mol. The number of piperidine rings is 1. The molecule has 1 aromatic rings. The van der Waals surface area contributed by atoms with Crippen molar-refractivity contribution in [2.75, 3.05) is 36.0 Å². The van der Waals surface area contributed by atoms with Crippen LogP contribution in [-0.4, -0.2) is 36.0 Å². The van der Waals surface area contributed by atoms with Crippen molar-refractivity contribution in [1.29, 1.82) is 0 Å². The number of rotatable bonds is 4. The summed E-state index contributed by atoms with van der Waals surface area (Å²) in [6, 6.07) is 2.80.